The van der Waals surface area contributed by atoms with Crippen LogP contribution in [0.4, 0.5) is 16.5 Å². The highest BCUT2D eigenvalue weighted by molar-refractivity contribution is 8.02. The Morgan fingerprint density at radius 2 is 1.76 bits per heavy atom. The van der Waals surface area contributed by atoms with E-state index in [2.05, 4.69) is 20.8 Å². The van der Waals surface area contributed by atoms with Crippen LogP contribution in [0, 0.1) is 13.8 Å². The predicted molar refractivity (Wildman–Crippen MR) is 136 cm³/mol. The first-order chi connectivity index (χ1) is 16.0. The molecule has 0 bridgehead atoms. The first kappa shape index (κ1) is 22.8. The summed E-state index contributed by atoms with van der Waals surface area (Å²) in [6.07, 6.45) is 0. The molecule has 0 aliphatic rings. The minimum Gasteiger partial charge on any atom is -0.497 e. The van der Waals surface area contributed by atoms with Crippen LogP contribution in [0.2, 0.25) is 0 Å². The Balaban J connectivity index is 1.52. The molecule has 4 aromatic rings. The number of hydrogen-bond donors (Lipinski definition) is 2. The van der Waals surface area contributed by atoms with E-state index in [1.807, 2.05) is 86.6 Å². The molecule has 1 heterocycles. The summed E-state index contributed by atoms with van der Waals surface area (Å²) in [5.41, 5.74) is 4.73. The van der Waals surface area contributed by atoms with Gasteiger partial charge >= 0.3 is 0 Å². The normalized spacial score (nSPS) is 11.6. The van der Waals surface area contributed by atoms with E-state index in [1.54, 1.807) is 7.11 Å². The molecule has 2 N–H and O–H groups in total. The van der Waals surface area contributed by atoms with Gasteiger partial charge in [-0.25, -0.2) is 0 Å². The topological polar surface area (TPSA) is 76.1 Å². The molecule has 0 spiro atoms. The van der Waals surface area contributed by atoms with E-state index in [-0.39, 0.29) is 5.91 Å². The van der Waals surface area contributed by atoms with Crippen molar-refractivity contribution in [1.82, 2.24) is 10.2 Å². The summed E-state index contributed by atoms with van der Waals surface area (Å²) < 4.78 is 5.90. The van der Waals surface area contributed by atoms with Gasteiger partial charge < -0.3 is 15.4 Å². The Hall–Kier alpha value is -3.36. The minimum absolute atomic E-state index is 0.0974. The molecule has 0 aliphatic heterocycles. The van der Waals surface area contributed by atoms with Crippen molar-refractivity contribution in [3.05, 3.63) is 89.5 Å². The number of anilines is 3. The van der Waals surface area contributed by atoms with E-state index < -0.39 is 5.25 Å². The zero-order valence-corrected chi connectivity index (χ0v) is 20.2. The maximum atomic E-state index is 13.3. The zero-order valence-electron chi connectivity index (χ0n) is 18.5. The molecule has 8 heteroatoms. The number of hydrogen-bond acceptors (Lipinski definition) is 7. The Morgan fingerprint density at radius 1 is 1.00 bits per heavy atom. The van der Waals surface area contributed by atoms with Crippen molar-refractivity contribution in [2.45, 2.75) is 23.4 Å². The van der Waals surface area contributed by atoms with Crippen molar-refractivity contribution in [2.75, 3.05) is 17.7 Å². The molecule has 4 rings (SSSR count). The second kappa shape index (κ2) is 10.5. The Kier molecular flexibility index (Phi) is 7.26. The van der Waals surface area contributed by atoms with Gasteiger partial charge in [0, 0.05) is 11.4 Å². The smallest absolute Gasteiger partial charge is 0.242 e. The van der Waals surface area contributed by atoms with Crippen LogP contribution < -0.4 is 15.4 Å². The van der Waals surface area contributed by atoms with Crippen molar-refractivity contribution >= 4 is 45.5 Å². The molecule has 0 aliphatic carbocycles. The number of carbonyl (C=O) groups excluding carboxylic acids is 1. The second-order valence-corrected chi connectivity index (χ2v) is 9.77. The average Bonchev–Trinajstić information content (AvgIpc) is 3.27. The molecule has 0 fully saturated rings. The van der Waals surface area contributed by atoms with Crippen LogP contribution in [0.5, 0.6) is 5.75 Å². The molecule has 33 heavy (non-hydrogen) atoms. The van der Waals surface area contributed by atoms with Crippen molar-refractivity contribution in [3.8, 4) is 5.75 Å². The SMILES string of the molecule is COc1ccc(Nc2nnc(SC(C(=O)Nc3cc(C)ccc3C)c3ccccc3)s2)cc1. The number of thioether (sulfide) groups is 1. The lowest BCUT2D eigenvalue weighted by atomic mass is 10.1. The molecule has 0 saturated heterocycles. The van der Waals surface area contributed by atoms with Crippen LogP contribution in [0.1, 0.15) is 21.9 Å². The zero-order chi connectivity index (χ0) is 23.2. The molecule has 1 aromatic heterocycles. The van der Waals surface area contributed by atoms with Crippen molar-refractivity contribution in [2.24, 2.45) is 0 Å². The van der Waals surface area contributed by atoms with Crippen LogP contribution in [-0.2, 0) is 4.79 Å². The van der Waals surface area contributed by atoms with Gasteiger partial charge in [0.25, 0.3) is 0 Å². The number of aryl methyl sites for hydroxylation is 2. The maximum Gasteiger partial charge on any atom is 0.242 e. The van der Waals surface area contributed by atoms with Gasteiger partial charge in [0.15, 0.2) is 4.34 Å². The van der Waals surface area contributed by atoms with Crippen molar-refractivity contribution < 1.29 is 9.53 Å². The van der Waals surface area contributed by atoms with Gasteiger partial charge in [-0.2, -0.15) is 0 Å². The first-order valence-electron chi connectivity index (χ1n) is 10.4. The number of amides is 1. The lowest BCUT2D eigenvalue weighted by Gasteiger charge is -2.17. The maximum absolute atomic E-state index is 13.3. The van der Waals surface area contributed by atoms with Gasteiger partial charge in [0.2, 0.25) is 11.0 Å². The number of carbonyl (C=O) groups is 1. The molecular weight excluding hydrogens is 452 g/mol. The summed E-state index contributed by atoms with van der Waals surface area (Å²) in [5.74, 6) is 0.689. The largest absolute Gasteiger partial charge is 0.497 e. The number of benzene rings is 3. The molecule has 0 saturated carbocycles. The molecule has 168 valence electrons. The van der Waals surface area contributed by atoms with E-state index >= 15 is 0 Å². The second-order valence-electron chi connectivity index (χ2n) is 7.44. The van der Waals surface area contributed by atoms with Crippen molar-refractivity contribution in [1.29, 1.82) is 0 Å². The first-order valence-corrected chi connectivity index (χ1v) is 12.1. The van der Waals surface area contributed by atoms with E-state index in [1.165, 1.54) is 23.1 Å². The van der Waals surface area contributed by atoms with Gasteiger partial charge in [-0.15, -0.1) is 10.2 Å². The highest BCUT2D eigenvalue weighted by Crippen LogP contribution is 2.39. The van der Waals surface area contributed by atoms with Gasteiger partial charge in [-0.05, 0) is 60.9 Å². The van der Waals surface area contributed by atoms with Crippen LogP contribution >= 0.6 is 23.1 Å². The monoisotopic (exact) mass is 476 g/mol. The highest BCUT2D eigenvalue weighted by atomic mass is 32.2. The van der Waals surface area contributed by atoms with E-state index in [9.17, 15) is 4.79 Å². The molecule has 1 unspecified atom stereocenters. The number of aromatic nitrogens is 2. The third-order valence-electron chi connectivity index (χ3n) is 4.96. The molecule has 1 atom stereocenters. The summed E-state index contributed by atoms with van der Waals surface area (Å²) in [6.45, 7) is 4.00. The van der Waals surface area contributed by atoms with Gasteiger partial charge in [0.1, 0.15) is 11.0 Å². The van der Waals surface area contributed by atoms with Gasteiger partial charge in [0.05, 0.1) is 7.11 Å². The number of ether oxygens (including phenoxy) is 1. The molecule has 1 amide bonds. The standard InChI is InChI=1S/C25H24N4O2S2/c1-16-9-10-17(2)21(15-16)27-23(30)22(18-7-5-4-6-8-18)32-25-29-28-24(33-25)26-19-11-13-20(31-3)14-12-19/h4-15,22H,1-3H3,(H,26,28)(H,27,30). The van der Waals surface area contributed by atoms with Crippen LogP contribution in [0.3, 0.4) is 0 Å². The summed E-state index contributed by atoms with van der Waals surface area (Å²) in [5, 5.41) is 15.1. The quantitative estimate of drug-likeness (QED) is 0.287. The molecule has 3 aromatic carbocycles. The lowest BCUT2D eigenvalue weighted by Crippen LogP contribution is -2.19. The summed E-state index contributed by atoms with van der Waals surface area (Å²) in [6, 6.07) is 23.3. The molecule has 6 nitrogen and oxygen atoms in total. The van der Waals surface area contributed by atoms with Gasteiger partial charge in [-0.1, -0.05) is 65.6 Å². The number of nitrogens with one attached hydrogen (secondary N) is 2. The minimum atomic E-state index is -0.465. The average molecular weight is 477 g/mol. The Labute approximate surface area is 201 Å². The summed E-state index contributed by atoms with van der Waals surface area (Å²) in [4.78, 5) is 13.3. The fraction of sp³-hybridized carbons (Fsp3) is 0.160. The van der Waals surface area contributed by atoms with Crippen LogP contribution in [0.15, 0.2) is 77.1 Å². The molecular formula is C25H24N4O2S2. The van der Waals surface area contributed by atoms with Crippen molar-refractivity contribution in [3.63, 3.8) is 0 Å². The van der Waals surface area contributed by atoms with E-state index in [0.29, 0.717) is 9.47 Å². The third kappa shape index (κ3) is 5.91. The summed E-state index contributed by atoms with van der Waals surface area (Å²) >= 11 is 2.80. The fourth-order valence-electron chi connectivity index (χ4n) is 3.18. The van der Waals surface area contributed by atoms with Crippen LogP contribution in [-0.4, -0.2) is 23.2 Å². The van der Waals surface area contributed by atoms with E-state index in [4.69, 9.17) is 4.74 Å². The number of nitrogens with zero attached hydrogens (tertiary/aromatic N) is 2. The van der Waals surface area contributed by atoms with E-state index in [0.717, 1.165) is 33.8 Å². The Morgan fingerprint density at radius 3 is 2.48 bits per heavy atom. The highest BCUT2D eigenvalue weighted by Gasteiger charge is 2.24. The number of methoxy groups -OCH3 is 1. The number of rotatable bonds is 8. The molecule has 0 radical (unpaired) electrons. The Bertz CT molecular complexity index is 1230. The van der Waals surface area contributed by atoms with Gasteiger partial charge in [-0.3, -0.25) is 4.79 Å². The lowest BCUT2D eigenvalue weighted by molar-refractivity contribution is -0.115. The van der Waals surface area contributed by atoms with Crippen LogP contribution in [0.25, 0.3) is 0 Å². The third-order valence-corrected chi connectivity index (χ3v) is 7.14. The summed E-state index contributed by atoms with van der Waals surface area (Å²) in [7, 11) is 1.64. The fourth-order valence-corrected chi connectivity index (χ4v) is 5.14. The predicted octanol–water partition coefficient (Wildman–Crippen LogP) is 6.38.